The number of hydrogen-bond donors (Lipinski definition) is 1. The molecule has 0 bridgehead atoms. The van der Waals surface area contributed by atoms with Crippen molar-refractivity contribution in [1.29, 1.82) is 0 Å². The van der Waals surface area contributed by atoms with Gasteiger partial charge in [0, 0.05) is 22.1 Å². The van der Waals surface area contributed by atoms with Gasteiger partial charge in [-0.3, -0.25) is 13.9 Å². The molecule has 7 nitrogen and oxygen atoms in total. The first kappa shape index (κ1) is 31.5. The van der Waals surface area contributed by atoms with Crippen LogP contribution in [0, 0.1) is 13.8 Å². The lowest BCUT2D eigenvalue weighted by atomic mass is 10.1. The molecule has 1 N–H and O–H groups in total. The van der Waals surface area contributed by atoms with Crippen molar-refractivity contribution in [1.82, 2.24) is 10.2 Å². The zero-order valence-electron chi connectivity index (χ0n) is 23.5. The molecule has 3 aromatic rings. The molecule has 0 aliphatic rings. The molecule has 1 unspecified atom stereocenters. The van der Waals surface area contributed by atoms with Gasteiger partial charge in [0.2, 0.25) is 11.8 Å². The summed E-state index contributed by atoms with van der Waals surface area (Å²) in [4.78, 5) is 28.7. The summed E-state index contributed by atoms with van der Waals surface area (Å²) in [7, 11) is -4.14. The Hall–Kier alpha value is -3.07. The molecule has 214 valence electrons. The number of nitrogens with zero attached hydrogens (tertiary/aromatic N) is 2. The molecule has 0 fully saturated rings. The number of amides is 2. The van der Waals surface area contributed by atoms with E-state index >= 15 is 0 Å². The van der Waals surface area contributed by atoms with Crippen LogP contribution in [0.1, 0.15) is 44.4 Å². The van der Waals surface area contributed by atoms with Crippen LogP contribution < -0.4 is 9.62 Å². The molecule has 0 saturated carbocycles. The Bertz CT molecular complexity index is 1490. The lowest BCUT2D eigenvalue weighted by molar-refractivity contribution is -0.140. The van der Waals surface area contributed by atoms with Gasteiger partial charge in [-0.25, -0.2) is 8.42 Å². The fourth-order valence-electron chi connectivity index (χ4n) is 4.13. The van der Waals surface area contributed by atoms with Crippen molar-refractivity contribution in [2.75, 3.05) is 10.8 Å². The van der Waals surface area contributed by atoms with E-state index in [2.05, 4.69) is 5.32 Å². The molecule has 0 aliphatic heterocycles. The smallest absolute Gasteiger partial charge is 0.264 e. The number of nitrogens with one attached hydrogen (secondary N) is 1. The highest BCUT2D eigenvalue weighted by atomic mass is 35.5. The molecule has 3 aromatic carbocycles. The van der Waals surface area contributed by atoms with Crippen LogP contribution >= 0.6 is 23.2 Å². The third-order valence-corrected chi connectivity index (χ3v) is 8.84. The molecular weight excluding hydrogens is 569 g/mol. The normalized spacial score (nSPS) is 12.5. The van der Waals surface area contributed by atoms with Crippen molar-refractivity contribution in [2.24, 2.45) is 0 Å². The van der Waals surface area contributed by atoms with E-state index in [1.54, 1.807) is 55.5 Å². The molecule has 0 spiro atoms. The number of benzene rings is 3. The minimum absolute atomic E-state index is 0.0282. The van der Waals surface area contributed by atoms with Crippen molar-refractivity contribution in [2.45, 2.75) is 64.6 Å². The van der Waals surface area contributed by atoms with Gasteiger partial charge in [-0.2, -0.15) is 0 Å². The minimum Gasteiger partial charge on any atom is -0.350 e. The topological polar surface area (TPSA) is 86.8 Å². The van der Waals surface area contributed by atoms with Gasteiger partial charge >= 0.3 is 0 Å². The van der Waals surface area contributed by atoms with Gasteiger partial charge in [0.1, 0.15) is 12.6 Å². The zero-order chi connectivity index (χ0) is 29.8. The highest BCUT2D eigenvalue weighted by molar-refractivity contribution is 7.92. The minimum atomic E-state index is -4.14. The van der Waals surface area contributed by atoms with Gasteiger partial charge in [0.25, 0.3) is 10.0 Å². The second kappa shape index (κ2) is 12.6. The number of carbonyl (C=O) groups excluding carboxylic acids is 2. The zero-order valence-corrected chi connectivity index (χ0v) is 25.9. The summed E-state index contributed by atoms with van der Waals surface area (Å²) in [5.41, 5.74) is 2.01. The van der Waals surface area contributed by atoms with Gasteiger partial charge in [-0.15, -0.1) is 0 Å². The maximum atomic E-state index is 14.1. The number of sulfonamides is 1. The van der Waals surface area contributed by atoms with Crippen LogP contribution in [0.25, 0.3) is 0 Å². The van der Waals surface area contributed by atoms with Gasteiger partial charge in [0.05, 0.1) is 10.6 Å². The van der Waals surface area contributed by atoms with Crippen molar-refractivity contribution in [3.05, 3.63) is 93.5 Å². The van der Waals surface area contributed by atoms with Crippen LogP contribution in [-0.4, -0.2) is 43.3 Å². The Morgan fingerprint density at radius 1 is 0.950 bits per heavy atom. The summed E-state index contributed by atoms with van der Waals surface area (Å²) in [6.07, 6.45) is 0. The number of anilines is 1. The Morgan fingerprint density at radius 2 is 1.60 bits per heavy atom. The number of hydrogen-bond acceptors (Lipinski definition) is 4. The van der Waals surface area contributed by atoms with Crippen LogP contribution in [0.4, 0.5) is 5.69 Å². The van der Waals surface area contributed by atoms with Gasteiger partial charge < -0.3 is 10.2 Å². The summed E-state index contributed by atoms with van der Waals surface area (Å²) < 4.78 is 29.0. The fourth-order valence-corrected chi connectivity index (χ4v) is 6.09. The number of halogens is 2. The third-order valence-electron chi connectivity index (χ3n) is 6.48. The highest BCUT2D eigenvalue weighted by Crippen LogP contribution is 2.29. The monoisotopic (exact) mass is 603 g/mol. The van der Waals surface area contributed by atoms with Gasteiger partial charge in [-0.1, -0.05) is 59.6 Å². The maximum absolute atomic E-state index is 14.1. The Labute approximate surface area is 247 Å². The van der Waals surface area contributed by atoms with Crippen molar-refractivity contribution < 1.29 is 18.0 Å². The molecule has 2 amide bonds. The predicted molar refractivity (Wildman–Crippen MR) is 161 cm³/mol. The number of carbonyl (C=O) groups is 2. The molecule has 0 heterocycles. The third kappa shape index (κ3) is 7.56. The first-order valence-electron chi connectivity index (χ1n) is 12.8. The Balaban J connectivity index is 2.09. The molecule has 0 saturated heterocycles. The molecule has 0 aliphatic carbocycles. The maximum Gasteiger partial charge on any atom is 0.264 e. The summed E-state index contributed by atoms with van der Waals surface area (Å²) in [5.74, 6) is -0.946. The number of aryl methyl sites for hydroxylation is 1. The van der Waals surface area contributed by atoms with Crippen molar-refractivity contribution in [3.8, 4) is 0 Å². The van der Waals surface area contributed by atoms with Gasteiger partial charge in [0.15, 0.2) is 0 Å². The summed E-state index contributed by atoms with van der Waals surface area (Å²) >= 11 is 12.5. The van der Waals surface area contributed by atoms with E-state index in [0.717, 1.165) is 15.4 Å². The van der Waals surface area contributed by atoms with E-state index in [0.29, 0.717) is 21.3 Å². The van der Waals surface area contributed by atoms with Crippen LogP contribution in [0.3, 0.4) is 0 Å². The SMILES string of the molecule is Cc1cccc(N(CC(=O)N(Cc2ccc(Cl)cc2Cl)C(C)C(=O)NC(C)(C)C)S(=O)(=O)c2ccccc2)c1C. The first-order valence-corrected chi connectivity index (χ1v) is 15.0. The quantitative estimate of drug-likeness (QED) is 0.318. The molecule has 0 aromatic heterocycles. The molecule has 1 atom stereocenters. The van der Waals surface area contributed by atoms with Crippen LogP contribution in [0.5, 0.6) is 0 Å². The fraction of sp³-hybridized carbons (Fsp3) is 0.333. The van der Waals surface area contributed by atoms with Crippen LogP contribution in [0.15, 0.2) is 71.6 Å². The molecule has 40 heavy (non-hydrogen) atoms. The Morgan fingerprint density at radius 3 is 2.20 bits per heavy atom. The molecule has 0 radical (unpaired) electrons. The van der Waals surface area contributed by atoms with E-state index in [4.69, 9.17) is 23.2 Å². The average Bonchev–Trinajstić information content (AvgIpc) is 2.87. The van der Waals surface area contributed by atoms with E-state index in [1.165, 1.54) is 17.0 Å². The lowest BCUT2D eigenvalue weighted by Gasteiger charge is -2.34. The van der Waals surface area contributed by atoms with Crippen LogP contribution in [-0.2, 0) is 26.2 Å². The number of rotatable bonds is 9. The first-order chi connectivity index (χ1) is 18.6. The Kier molecular flexibility index (Phi) is 9.93. The molecular formula is C30H35Cl2N3O4S. The molecule has 10 heteroatoms. The summed E-state index contributed by atoms with van der Waals surface area (Å²) in [6.45, 7) is 10.3. The summed E-state index contributed by atoms with van der Waals surface area (Å²) in [6, 6.07) is 17.2. The largest absolute Gasteiger partial charge is 0.350 e. The van der Waals surface area contributed by atoms with Gasteiger partial charge in [-0.05, 0) is 88.6 Å². The van der Waals surface area contributed by atoms with E-state index in [-0.39, 0.29) is 17.3 Å². The average molecular weight is 605 g/mol. The van der Waals surface area contributed by atoms with Crippen LogP contribution in [0.2, 0.25) is 10.0 Å². The molecule has 3 rings (SSSR count). The second-order valence-electron chi connectivity index (χ2n) is 10.7. The van der Waals surface area contributed by atoms with E-state index in [1.807, 2.05) is 40.7 Å². The highest BCUT2D eigenvalue weighted by Gasteiger charge is 2.34. The standard InChI is InChI=1S/C30H35Cl2N3O4S/c1-20-11-10-14-27(21(20)2)35(40(38,39)25-12-8-7-9-13-25)19-28(36)34(22(3)29(37)33-30(4,5)6)18-23-15-16-24(31)17-26(23)32/h7-17,22H,18-19H2,1-6H3,(H,33,37). The lowest BCUT2D eigenvalue weighted by Crippen LogP contribution is -2.54. The van der Waals surface area contributed by atoms with Crippen molar-refractivity contribution >= 4 is 50.7 Å². The van der Waals surface area contributed by atoms with Crippen molar-refractivity contribution in [3.63, 3.8) is 0 Å². The summed E-state index contributed by atoms with van der Waals surface area (Å²) in [5, 5.41) is 3.66. The second-order valence-corrected chi connectivity index (χ2v) is 13.4. The van der Waals surface area contributed by atoms with E-state index < -0.39 is 34.1 Å². The predicted octanol–water partition coefficient (Wildman–Crippen LogP) is 6.14. The van der Waals surface area contributed by atoms with E-state index in [9.17, 15) is 18.0 Å².